The zero-order chi connectivity index (χ0) is 14.4. The highest BCUT2D eigenvalue weighted by Crippen LogP contribution is 2.19. The van der Waals surface area contributed by atoms with Gasteiger partial charge in [0.1, 0.15) is 0 Å². The number of carbonyl (C=O) groups excluding carboxylic acids is 1. The zero-order valence-electron chi connectivity index (χ0n) is 11.4. The Morgan fingerprint density at radius 2 is 2.05 bits per heavy atom. The Bertz CT molecular complexity index is 461. The van der Waals surface area contributed by atoms with Crippen molar-refractivity contribution in [2.24, 2.45) is 5.92 Å². The summed E-state index contributed by atoms with van der Waals surface area (Å²) in [5, 5.41) is 11.7. The van der Waals surface area contributed by atoms with Crippen molar-refractivity contribution in [3.8, 4) is 0 Å². The first-order chi connectivity index (χ1) is 9.65. The van der Waals surface area contributed by atoms with Crippen molar-refractivity contribution < 1.29 is 14.7 Å². The molecule has 0 spiro atoms. The van der Waals surface area contributed by atoms with E-state index in [2.05, 4.69) is 5.32 Å². The van der Waals surface area contributed by atoms with Crippen molar-refractivity contribution in [2.45, 2.75) is 25.8 Å². The molecule has 1 aromatic rings. The minimum Gasteiger partial charge on any atom is -0.481 e. The van der Waals surface area contributed by atoms with Crippen LogP contribution in [0.2, 0.25) is 0 Å². The third-order valence-corrected chi connectivity index (χ3v) is 3.56. The third kappa shape index (κ3) is 4.26. The molecule has 0 aromatic heterocycles. The Balaban J connectivity index is 1.81. The lowest BCUT2D eigenvalue weighted by atomic mass is 9.95. The summed E-state index contributed by atoms with van der Waals surface area (Å²) in [7, 11) is 0. The second-order valence-electron chi connectivity index (χ2n) is 5.20. The topological polar surface area (TPSA) is 69.6 Å². The number of hydrogen-bond acceptors (Lipinski definition) is 2. The first kappa shape index (κ1) is 14.4. The summed E-state index contributed by atoms with van der Waals surface area (Å²) in [6.45, 7) is 1.74. The number of nitrogens with one attached hydrogen (secondary N) is 1. The summed E-state index contributed by atoms with van der Waals surface area (Å²) in [5.74, 6) is -0.717. The van der Waals surface area contributed by atoms with E-state index < -0.39 is 5.97 Å². The van der Waals surface area contributed by atoms with Crippen LogP contribution in [-0.4, -0.2) is 35.1 Å². The Morgan fingerprint density at radius 3 is 2.75 bits per heavy atom. The van der Waals surface area contributed by atoms with Crippen molar-refractivity contribution in [3.05, 3.63) is 35.9 Å². The van der Waals surface area contributed by atoms with Gasteiger partial charge in [0.05, 0.1) is 0 Å². The largest absolute Gasteiger partial charge is 0.481 e. The predicted octanol–water partition coefficient (Wildman–Crippen LogP) is 2.08. The molecule has 5 heteroatoms. The molecule has 1 aliphatic heterocycles. The van der Waals surface area contributed by atoms with Crippen LogP contribution < -0.4 is 5.32 Å². The maximum absolute atomic E-state index is 12.1. The van der Waals surface area contributed by atoms with Crippen LogP contribution in [0.4, 0.5) is 4.79 Å². The van der Waals surface area contributed by atoms with E-state index >= 15 is 0 Å². The Morgan fingerprint density at radius 1 is 1.30 bits per heavy atom. The molecule has 1 heterocycles. The summed E-state index contributed by atoms with van der Waals surface area (Å²) >= 11 is 0. The standard InChI is InChI=1S/C15H20N2O3/c18-14(19)9-13-7-4-8-17(11-13)15(20)16-10-12-5-2-1-3-6-12/h1-3,5-6,13H,4,7-11H2,(H,16,20)(H,18,19). The van der Waals surface area contributed by atoms with E-state index in [4.69, 9.17) is 5.11 Å². The number of carbonyl (C=O) groups is 2. The maximum atomic E-state index is 12.1. The fourth-order valence-electron chi connectivity index (χ4n) is 2.55. The van der Waals surface area contributed by atoms with Gasteiger partial charge in [0.25, 0.3) is 0 Å². The van der Waals surface area contributed by atoms with Gasteiger partial charge in [-0.05, 0) is 24.3 Å². The Kier molecular flexibility index (Phi) is 4.98. The second-order valence-corrected chi connectivity index (χ2v) is 5.20. The molecule has 2 rings (SSSR count). The molecular weight excluding hydrogens is 256 g/mol. The molecule has 1 fully saturated rings. The smallest absolute Gasteiger partial charge is 0.317 e. The average Bonchev–Trinajstić information content (AvgIpc) is 2.45. The second kappa shape index (κ2) is 6.93. The molecule has 1 saturated heterocycles. The molecule has 0 aliphatic carbocycles. The lowest BCUT2D eigenvalue weighted by Gasteiger charge is -2.32. The number of nitrogens with zero attached hydrogens (tertiary/aromatic N) is 1. The van der Waals surface area contributed by atoms with E-state index in [1.807, 2.05) is 30.3 Å². The summed E-state index contributed by atoms with van der Waals surface area (Å²) in [5.41, 5.74) is 1.06. The van der Waals surface area contributed by atoms with Crippen LogP contribution in [0.25, 0.3) is 0 Å². The van der Waals surface area contributed by atoms with Crippen LogP contribution in [0, 0.1) is 5.92 Å². The molecule has 1 aromatic carbocycles. The van der Waals surface area contributed by atoms with E-state index in [1.165, 1.54) is 0 Å². The number of urea groups is 1. The molecule has 1 atom stereocenters. The summed E-state index contributed by atoms with van der Waals surface area (Å²) in [6.07, 6.45) is 1.90. The maximum Gasteiger partial charge on any atom is 0.317 e. The van der Waals surface area contributed by atoms with Gasteiger partial charge in [-0.25, -0.2) is 4.79 Å². The summed E-state index contributed by atoms with van der Waals surface area (Å²) in [4.78, 5) is 24.5. The van der Waals surface area contributed by atoms with Crippen LogP contribution in [0.15, 0.2) is 30.3 Å². The molecule has 2 N–H and O–H groups in total. The van der Waals surface area contributed by atoms with Crippen LogP contribution >= 0.6 is 0 Å². The monoisotopic (exact) mass is 276 g/mol. The summed E-state index contributed by atoms with van der Waals surface area (Å²) in [6, 6.07) is 9.63. The predicted molar refractivity (Wildman–Crippen MR) is 75.2 cm³/mol. The fourth-order valence-corrected chi connectivity index (χ4v) is 2.55. The van der Waals surface area contributed by atoms with Crippen LogP contribution in [0.5, 0.6) is 0 Å². The lowest BCUT2D eigenvalue weighted by Crippen LogP contribution is -2.45. The van der Waals surface area contributed by atoms with Crippen LogP contribution in [0.1, 0.15) is 24.8 Å². The molecule has 2 amide bonds. The average molecular weight is 276 g/mol. The first-order valence-corrected chi connectivity index (χ1v) is 6.93. The highest BCUT2D eigenvalue weighted by atomic mass is 16.4. The van der Waals surface area contributed by atoms with Gasteiger partial charge < -0.3 is 15.3 Å². The van der Waals surface area contributed by atoms with Gasteiger partial charge in [-0.3, -0.25) is 4.79 Å². The quantitative estimate of drug-likeness (QED) is 0.884. The minimum absolute atomic E-state index is 0.0729. The number of likely N-dealkylation sites (tertiary alicyclic amines) is 1. The molecule has 0 saturated carbocycles. The van der Waals surface area contributed by atoms with E-state index in [1.54, 1.807) is 4.90 Å². The highest BCUT2D eigenvalue weighted by Gasteiger charge is 2.24. The third-order valence-electron chi connectivity index (χ3n) is 3.56. The highest BCUT2D eigenvalue weighted by molar-refractivity contribution is 5.74. The molecule has 1 aliphatic rings. The van der Waals surface area contributed by atoms with E-state index in [9.17, 15) is 9.59 Å². The Hall–Kier alpha value is -2.04. The molecule has 5 nitrogen and oxygen atoms in total. The van der Waals surface area contributed by atoms with Crippen LogP contribution in [-0.2, 0) is 11.3 Å². The van der Waals surface area contributed by atoms with E-state index in [-0.39, 0.29) is 18.4 Å². The minimum atomic E-state index is -0.790. The van der Waals surface area contributed by atoms with E-state index in [0.29, 0.717) is 19.6 Å². The van der Waals surface area contributed by atoms with Gasteiger partial charge in [0, 0.05) is 26.1 Å². The first-order valence-electron chi connectivity index (χ1n) is 6.93. The van der Waals surface area contributed by atoms with Crippen molar-refractivity contribution in [2.75, 3.05) is 13.1 Å². The van der Waals surface area contributed by atoms with Gasteiger partial charge in [-0.1, -0.05) is 30.3 Å². The van der Waals surface area contributed by atoms with Gasteiger partial charge in [0.15, 0.2) is 0 Å². The number of hydrogen-bond donors (Lipinski definition) is 2. The molecule has 20 heavy (non-hydrogen) atoms. The number of aliphatic carboxylic acids is 1. The fraction of sp³-hybridized carbons (Fsp3) is 0.467. The number of rotatable bonds is 4. The lowest BCUT2D eigenvalue weighted by molar-refractivity contribution is -0.138. The van der Waals surface area contributed by atoms with Crippen molar-refractivity contribution in [1.29, 1.82) is 0 Å². The number of piperidine rings is 1. The number of benzene rings is 1. The van der Waals surface area contributed by atoms with Gasteiger partial charge >= 0.3 is 12.0 Å². The number of carboxylic acid groups (broad SMARTS) is 1. The van der Waals surface area contributed by atoms with Crippen molar-refractivity contribution in [1.82, 2.24) is 10.2 Å². The Labute approximate surface area is 118 Å². The molecule has 0 bridgehead atoms. The number of carboxylic acids is 1. The van der Waals surface area contributed by atoms with Crippen molar-refractivity contribution >= 4 is 12.0 Å². The van der Waals surface area contributed by atoms with Gasteiger partial charge in [0.2, 0.25) is 0 Å². The molecule has 108 valence electrons. The SMILES string of the molecule is O=C(O)CC1CCCN(C(=O)NCc2ccccc2)C1. The van der Waals surface area contributed by atoms with Gasteiger partial charge in [-0.2, -0.15) is 0 Å². The normalized spacial score (nSPS) is 18.6. The van der Waals surface area contributed by atoms with Gasteiger partial charge in [-0.15, -0.1) is 0 Å². The van der Waals surface area contributed by atoms with Crippen molar-refractivity contribution in [3.63, 3.8) is 0 Å². The summed E-state index contributed by atoms with van der Waals surface area (Å²) < 4.78 is 0. The molecule has 0 radical (unpaired) electrons. The molecular formula is C15H20N2O3. The zero-order valence-corrected chi connectivity index (χ0v) is 11.4. The number of amides is 2. The van der Waals surface area contributed by atoms with Crippen LogP contribution in [0.3, 0.4) is 0 Å². The van der Waals surface area contributed by atoms with E-state index in [0.717, 1.165) is 18.4 Å². The molecule has 1 unspecified atom stereocenters.